The van der Waals surface area contributed by atoms with E-state index in [-0.39, 0.29) is 5.41 Å². The average Bonchev–Trinajstić information content (AvgIpc) is 4.01. The molecule has 14 aromatic carbocycles. The first-order valence-electron chi connectivity index (χ1n) is 25.2. The number of hydrogen-bond donors (Lipinski definition) is 0. The van der Waals surface area contributed by atoms with Gasteiger partial charge in [0.1, 0.15) is 0 Å². The fourth-order valence-electron chi connectivity index (χ4n) is 14.2. The van der Waals surface area contributed by atoms with Gasteiger partial charge < -0.3 is 0 Å². The molecule has 0 atom stereocenters. The van der Waals surface area contributed by atoms with Crippen molar-refractivity contribution in [1.82, 2.24) is 0 Å². The van der Waals surface area contributed by atoms with E-state index < -0.39 is 0 Å². The summed E-state index contributed by atoms with van der Waals surface area (Å²) in [6, 6.07) is 84.1. The van der Waals surface area contributed by atoms with Crippen LogP contribution in [-0.2, 0) is 5.41 Å². The van der Waals surface area contributed by atoms with Crippen LogP contribution in [0.1, 0.15) is 25.0 Å². The van der Waals surface area contributed by atoms with Gasteiger partial charge in [0.05, 0.1) is 0 Å². The summed E-state index contributed by atoms with van der Waals surface area (Å²) in [5, 5.41) is 18.2. The lowest BCUT2D eigenvalue weighted by atomic mass is 9.78. The third kappa shape index (κ3) is 4.76. The molecule has 0 aliphatic heterocycles. The highest BCUT2D eigenvalue weighted by molar-refractivity contribution is 6.31. The zero-order valence-electron chi connectivity index (χ0n) is 39.3. The molecule has 0 saturated carbocycles. The second kappa shape index (κ2) is 13.3. The lowest BCUT2D eigenvalue weighted by Gasteiger charge is -2.25. The normalized spacial score (nSPS) is 13.6. The lowest BCUT2D eigenvalue weighted by Crippen LogP contribution is -2.14. The van der Waals surface area contributed by atoms with Crippen LogP contribution in [0.3, 0.4) is 0 Å². The van der Waals surface area contributed by atoms with Gasteiger partial charge in [-0.3, -0.25) is 0 Å². The van der Waals surface area contributed by atoms with Crippen molar-refractivity contribution in [2.75, 3.05) is 0 Å². The molecule has 0 bridgehead atoms. The maximum atomic E-state index is 2.61. The van der Waals surface area contributed by atoms with E-state index in [4.69, 9.17) is 0 Å². The first-order valence-corrected chi connectivity index (χ1v) is 25.2. The van der Waals surface area contributed by atoms with Crippen molar-refractivity contribution in [2.24, 2.45) is 0 Å². The quantitative estimate of drug-likeness (QED) is 0.122. The third-order valence-corrected chi connectivity index (χ3v) is 17.3. The van der Waals surface area contributed by atoms with Crippen LogP contribution in [0.4, 0.5) is 0 Å². The molecule has 3 aliphatic rings. The van der Waals surface area contributed by atoms with Gasteiger partial charge in [0.15, 0.2) is 0 Å². The zero-order chi connectivity index (χ0) is 46.4. The van der Waals surface area contributed by atoms with Crippen molar-refractivity contribution in [3.8, 4) is 89.0 Å². The molecule has 0 spiro atoms. The maximum Gasteiger partial charge on any atom is 0.0159 e. The Bertz CT molecular complexity index is 4710. The Morgan fingerprint density at radius 3 is 1.34 bits per heavy atom. The molecule has 0 unspecified atom stereocenters. The van der Waals surface area contributed by atoms with Crippen LogP contribution in [0.15, 0.2) is 218 Å². The standard InChI is InChI=1S/C71H42/c1-71(2)63-26-8-7-20-47(63)59-37-61-62(38-64(59)71)70(56-34-32-54-46-19-6-4-17-44(46)49-23-12-25-51(56)68(49)54)60-35-41(58-36-42-15-9-13-39-27-28-40-14-10-21-52(58)66(40)65(39)42)29-30-57(60)69(61)55-33-31-53-45-18-5-3-16-43(45)48-22-11-24-50(55)67(48)53/h3-38H,1-2H3. The van der Waals surface area contributed by atoms with Crippen LogP contribution in [0.5, 0.6) is 0 Å². The Kier molecular flexibility index (Phi) is 7.11. The Balaban J connectivity index is 1.07. The molecule has 0 N–H and O–H groups in total. The van der Waals surface area contributed by atoms with Crippen LogP contribution in [-0.4, -0.2) is 0 Å². The summed E-state index contributed by atoms with van der Waals surface area (Å²) >= 11 is 0. The minimum Gasteiger partial charge on any atom is -0.0619 e. The third-order valence-electron chi connectivity index (χ3n) is 17.3. The minimum absolute atomic E-state index is 0.189. The zero-order valence-corrected chi connectivity index (χ0v) is 39.3. The van der Waals surface area contributed by atoms with Crippen LogP contribution >= 0.6 is 0 Å². The summed E-state index contributed by atoms with van der Waals surface area (Å²) in [6.07, 6.45) is 0. The van der Waals surface area contributed by atoms with Crippen LogP contribution < -0.4 is 0 Å². The summed E-state index contributed by atoms with van der Waals surface area (Å²) in [7, 11) is 0. The monoisotopic (exact) mass is 894 g/mol. The summed E-state index contributed by atoms with van der Waals surface area (Å²) in [5.74, 6) is 0. The predicted molar refractivity (Wildman–Crippen MR) is 303 cm³/mol. The summed E-state index contributed by atoms with van der Waals surface area (Å²) in [4.78, 5) is 0. The smallest absolute Gasteiger partial charge is 0.0159 e. The highest BCUT2D eigenvalue weighted by Crippen LogP contribution is 2.58. The lowest BCUT2D eigenvalue weighted by molar-refractivity contribution is 0.661. The predicted octanol–water partition coefficient (Wildman–Crippen LogP) is 19.8. The number of hydrogen-bond acceptors (Lipinski definition) is 0. The number of benzene rings is 14. The van der Waals surface area contributed by atoms with Crippen molar-refractivity contribution in [3.05, 3.63) is 230 Å². The molecule has 0 aromatic heterocycles. The second-order valence-electron chi connectivity index (χ2n) is 21.0. The van der Waals surface area contributed by atoms with Crippen LogP contribution in [0.25, 0.3) is 164 Å². The molecule has 17 rings (SSSR count). The Labute approximate surface area is 411 Å². The Morgan fingerprint density at radius 2 is 0.690 bits per heavy atom. The first-order chi connectivity index (χ1) is 35.0. The Hall–Kier alpha value is -8.84. The number of fused-ring (bicyclic) bond motifs is 11. The molecule has 71 heavy (non-hydrogen) atoms. The second-order valence-corrected chi connectivity index (χ2v) is 21.0. The Morgan fingerprint density at radius 1 is 0.225 bits per heavy atom. The fourth-order valence-corrected chi connectivity index (χ4v) is 14.2. The SMILES string of the molecule is CC1(C)c2ccccc2-c2cc3c(-c4ccc5c6c(cccc46)-c4ccccc4-5)c4ccc(-c5cc6cccc7ccc8cccc5c8c76)cc4c(-c4ccc5c6c(cccc46)-c4ccccc4-5)c3cc21. The van der Waals surface area contributed by atoms with E-state index in [9.17, 15) is 0 Å². The fraction of sp³-hybridized carbons (Fsp3) is 0.0423. The molecule has 14 aromatic rings. The summed E-state index contributed by atoms with van der Waals surface area (Å²) in [5.41, 5.74) is 23.4. The van der Waals surface area contributed by atoms with E-state index in [2.05, 4.69) is 232 Å². The van der Waals surface area contributed by atoms with E-state index >= 15 is 0 Å². The highest BCUT2D eigenvalue weighted by Gasteiger charge is 2.37. The molecule has 0 radical (unpaired) electrons. The molecule has 0 saturated heterocycles. The molecule has 0 amide bonds. The minimum atomic E-state index is -0.189. The largest absolute Gasteiger partial charge is 0.0619 e. The van der Waals surface area contributed by atoms with Gasteiger partial charge in [-0.15, -0.1) is 0 Å². The maximum absolute atomic E-state index is 2.61. The molecule has 326 valence electrons. The molecule has 0 heteroatoms. The van der Waals surface area contributed by atoms with E-state index in [0.717, 1.165) is 0 Å². The van der Waals surface area contributed by atoms with E-state index in [1.165, 1.54) is 176 Å². The van der Waals surface area contributed by atoms with Crippen molar-refractivity contribution >= 4 is 75.4 Å². The van der Waals surface area contributed by atoms with Crippen molar-refractivity contribution in [1.29, 1.82) is 0 Å². The number of rotatable bonds is 3. The average molecular weight is 895 g/mol. The van der Waals surface area contributed by atoms with E-state index in [0.29, 0.717) is 0 Å². The van der Waals surface area contributed by atoms with Gasteiger partial charge in [0, 0.05) is 5.41 Å². The van der Waals surface area contributed by atoms with Crippen LogP contribution in [0, 0.1) is 0 Å². The molecule has 0 heterocycles. The van der Waals surface area contributed by atoms with Gasteiger partial charge in [0.25, 0.3) is 0 Å². The topological polar surface area (TPSA) is 0 Å². The van der Waals surface area contributed by atoms with E-state index in [1.54, 1.807) is 0 Å². The van der Waals surface area contributed by atoms with Gasteiger partial charge in [-0.05, 0) is 200 Å². The van der Waals surface area contributed by atoms with Crippen molar-refractivity contribution in [3.63, 3.8) is 0 Å². The van der Waals surface area contributed by atoms with Crippen molar-refractivity contribution in [2.45, 2.75) is 19.3 Å². The van der Waals surface area contributed by atoms with Gasteiger partial charge >= 0.3 is 0 Å². The molecular formula is C71H42. The molecule has 0 nitrogen and oxygen atoms in total. The van der Waals surface area contributed by atoms with Gasteiger partial charge in [-0.25, -0.2) is 0 Å². The summed E-state index contributed by atoms with van der Waals surface area (Å²) in [6.45, 7) is 4.85. The van der Waals surface area contributed by atoms with Crippen molar-refractivity contribution < 1.29 is 0 Å². The highest BCUT2D eigenvalue weighted by atomic mass is 14.4. The molecule has 0 fully saturated rings. The van der Waals surface area contributed by atoms with Gasteiger partial charge in [-0.2, -0.15) is 0 Å². The first kappa shape index (κ1) is 38.1. The molecule has 3 aliphatic carbocycles. The molecular weight excluding hydrogens is 853 g/mol. The van der Waals surface area contributed by atoms with E-state index in [1.807, 2.05) is 0 Å². The van der Waals surface area contributed by atoms with Gasteiger partial charge in [0.2, 0.25) is 0 Å². The van der Waals surface area contributed by atoms with Crippen LogP contribution in [0.2, 0.25) is 0 Å². The van der Waals surface area contributed by atoms with Gasteiger partial charge in [-0.1, -0.05) is 208 Å². The summed E-state index contributed by atoms with van der Waals surface area (Å²) < 4.78 is 0.